The maximum atomic E-state index is 12.6. The Morgan fingerprint density at radius 1 is 1.32 bits per heavy atom. The van der Waals surface area contributed by atoms with Gasteiger partial charge in [-0.15, -0.1) is 0 Å². The van der Waals surface area contributed by atoms with Crippen LogP contribution in [0, 0.1) is 0 Å². The predicted molar refractivity (Wildman–Crippen MR) is 91.0 cm³/mol. The van der Waals surface area contributed by atoms with Crippen LogP contribution in [0.15, 0.2) is 24.3 Å². The Morgan fingerprint density at radius 2 is 2.00 bits per heavy atom. The van der Waals surface area contributed by atoms with E-state index >= 15 is 0 Å². The van der Waals surface area contributed by atoms with Crippen molar-refractivity contribution in [2.24, 2.45) is 0 Å². The van der Waals surface area contributed by atoms with Crippen molar-refractivity contribution in [3.05, 3.63) is 34.9 Å². The van der Waals surface area contributed by atoms with Crippen molar-refractivity contribution in [2.75, 3.05) is 26.2 Å². The molecule has 1 atom stereocenters. The number of hydrogen-bond donors (Lipinski definition) is 1. The number of imide groups is 1. The van der Waals surface area contributed by atoms with E-state index in [1.165, 1.54) is 4.90 Å². The Morgan fingerprint density at radius 3 is 2.60 bits per heavy atom. The van der Waals surface area contributed by atoms with Crippen molar-refractivity contribution in [1.82, 2.24) is 15.1 Å². The largest absolute Gasteiger partial charge is 0.370 e. The lowest BCUT2D eigenvalue weighted by molar-refractivity contribution is -0.140. The van der Waals surface area contributed by atoms with Gasteiger partial charge in [-0.25, -0.2) is 4.79 Å². The molecule has 1 N–H and O–H groups in total. The second-order valence-electron chi connectivity index (χ2n) is 6.66. The van der Waals surface area contributed by atoms with Crippen LogP contribution in [-0.2, 0) is 14.3 Å². The Kier molecular flexibility index (Phi) is 4.71. The van der Waals surface area contributed by atoms with Crippen molar-refractivity contribution in [3.8, 4) is 0 Å². The first-order valence-electron chi connectivity index (χ1n) is 8.07. The zero-order valence-electron chi connectivity index (χ0n) is 14.1. The average molecular weight is 366 g/mol. The number of morpholine rings is 1. The second kappa shape index (κ2) is 6.65. The standard InChI is InChI=1S/C17H20ClN3O4/c1-17(2)15(23)19-16(24)21(17)10-14(22)20-7-8-25-13(9-20)11-3-5-12(18)6-4-11/h3-6,13H,7-10H2,1-2H3,(H,19,23,24). The highest BCUT2D eigenvalue weighted by molar-refractivity contribution is 6.30. The van der Waals surface area contributed by atoms with Gasteiger partial charge in [-0.1, -0.05) is 23.7 Å². The number of benzene rings is 1. The van der Waals surface area contributed by atoms with Crippen molar-refractivity contribution < 1.29 is 19.1 Å². The van der Waals surface area contributed by atoms with Gasteiger partial charge < -0.3 is 14.5 Å². The summed E-state index contributed by atoms with van der Waals surface area (Å²) < 4.78 is 5.75. The Balaban J connectivity index is 1.67. The van der Waals surface area contributed by atoms with E-state index in [9.17, 15) is 14.4 Å². The molecule has 1 aromatic rings. The summed E-state index contributed by atoms with van der Waals surface area (Å²) in [7, 11) is 0. The lowest BCUT2D eigenvalue weighted by Crippen LogP contribution is -2.51. The van der Waals surface area contributed by atoms with Gasteiger partial charge in [0.1, 0.15) is 18.2 Å². The van der Waals surface area contributed by atoms with Gasteiger partial charge in [-0.2, -0.15) is 0 Å². The van der Waals surface area contributed by atoms with Crippen molar-refractivity contribution in [3.63, 3.8) is 0 Å². The number of amides is 4. The van der Waals surface area contributed by atoms with Gasteiger partial charge in [0.05, 0.1) is 13.2 Å². The Bertz CT molecular complexity index is 704. The zero-order chi connectivity index (χ0) is 18.2. The molecule has 2 saturated heterocycles. The number of urea groups is 1. The molecular formula is C17H20ClN3O4. The Labute approximate surface area is 150 Å². The molecule has 2 fully saturated rings. The van der Waals surface area contributed by atoms with Crippen molar-refractivity contribution >= 4 is 29.4 Å². The van der Waals surface area contributed by atoms with Gasteiger partial charge >= 0.3 is 6.03 Å². The molecule has 0 aromatic heterocycles. The lowest BCUT2D eigenvalue weighted by Gasteiger charge is -2.35. The van der Waals surface area contributed by atoms with E-state index in [0.717, 1.165) is 5.56 Å². The van der Waals surface area contributed by atoms with E-state index in [1.54, 1.807) is 30.9 Å². The lowest BCUT2D eigenvalue weighted by atomic mass is 10.0. The molecule has 25 heavy (non-hydrogen) atoms. The van der Waals surface area contributed by atoms with E-state index < -0.39 is 17.5 Å². The van der Waals surface area contributed by atoms with Crippen LogP contribution in [0.2, 0.25) is 5.02 Å². The average Bonchev–Trinajstić information content (AvgIpc) is 2.77. The molecule has 8 heteroatoms. The minimum Gasteiger partial charge on any atom is -0.370 e. The number of rotatable bonds is 3. The van der Waals surface area contributed by atoms with Gasteiger partial charge in [0.15, 0.2) is 0 Å². The molecule has 0 radical (unpaired) electrons. The normalized spacial score (nSPS) is 22.9. The fraction of sp³-hybridized carbons (Fsp3) is 0.471. The summed E-state index contributed by atoms with van der Waals surface area (Å²) in [4.78, 5) is 39.3. The van der Waals surface area contributed by atoms with Crippen LogP contribution < -0.4 is 5.32 Å². The number of halogens is 1. The highest BCUT2D eigenvalue weighted by atomic mass is 35.5. The van der Waals surface area contributed by atoms with Gasteiger partial charge in [0, 0.05) is 11.6 Å². The summed E-state index contributed by atoms with van der Waals surface area (Å²) in [6, 6.07) is 6.77. The summed E-state index contributed by atoms with van der Waals surface area (Å²) >= 11 is 5.90. The number of ether oxygens (including phenoxy) is 1. The van der Waals surface area contributed by atoms with E-state index in [2.05, 4.69) is 5.32 Å². The molecule has 2 aliphatic rings. The van der Waals surface area contributed by atoms with Crippen LogP contribution in [-0.4, -0.2) is 59.4 Å². The molecule has 4 amide bonds. The smallest absolute Gasteiger partial charge is 0.325 e. The molecule has 0 spiro atoms. The first-order valence-corrected chi connectivity index (χ1v) is 8.45. The van der Waals surface area contributed by atoms with Crippen LogP contribution in [0.5, 0.6) is 0 Å². The fourth-order valence-corrected chi connectivity index (χ4v) is 3.08. The van der Waals surface area contributed by atoms with E-state index in [4.69, 9.17) is 16.3 Å². The number of nitrogens with one attached hydrogen (secondary N) is 1. The molecule has 2 heterocycles. The first kappa shape index (κ1) is 17.7. The Hall–Kier alpha value is -2.12. The van der Waals surface area contributed by atoms with Gasteiger partial charge in [0.2, 0.25) is 5.91 Å². The third kappa shape index (κ3) is 3.48. The number of carbonyl (C=O) groups excluding carboxylic acids is 3. The van der Waals surface area contributed by atoms with Crippen LogP contribution in [0.25, 0.3) is 0 Å². The predicted octanol–water partition coefficient (Wildman–Crippen LogP) is 1.57. The molecule has 3 rings (SSSR count). The fourth-order valence-electron chi connectivity index (χ4n) is 2.95. The quantitative estimate of drug-likeness (QED) is 0.825. The highest BCUT2D eigenvalue weighted by Crippen LogP contribution is 2.25. The van der Waals surface area contributed by atoms with E-state index in [-0.39, 0.29) is 18.6 Å². The van der Waals surface area contributed by atoms with Crippen LogP contribution >= 0.6 is 11.6 Å². The maximum Gasteiger partial charge on any atom is 0.325 e. The highest BCUT2D eigenvalue weighted by Gasteiger charge is 2.46. The monoisotopic (exact) mass is 365 g/mol. The first-order chi connectivity index (χ1) is 11.8. The molecule has 0 aliphatic carbocycles. The summed E-state index contributed by atoms with van der Waals surface area (Å²) in [6.45, 7) is 4.36. The topological polar surface area (TPSA) is 79.0 Å². The molecule has 134 valence electrons. The molecule has 7 nitrogen and oxygen atoms in total. The number of nitrogens with zero attached hydrogens (tertiary/aromatic N) is 2. The van der Waals surface area contributed by atoms with Gasteiger partial charge in [0.25, 0.3) is 5.91 Å². The summed E-state index contributed by atoms with van der Waals surface area (Å²) in [6.07, 6.45) is -0.239. The van der Waals surface area contributed by atoms with E-state index in [1.807, 2.05) is 12.1 Å². The molecular weight excluding hydrogens is 346 g/mol. The van der Waals surface area contributed by atoms with Crippen LogP contribution in [0.4, 0.5) is 4.79 Å². The third-order valence-corrected chi connectivity index (χ3v) is 4.90. The zero-order valence-corrected chi connectivity index (χ0v) is 14.9. The minimum absolute atomic E-state index is 0.141. The minimum atomic E-state index is -1.03. The third-order valence-electron chi connectivity index (χ3n) is 4.65. The van der Waals surface area contributed by atoms with Crippen LogP contribution in [0.1, 0.15) is 25.5 Å². The van der Waals surface area contributed by atoms with E-state index in [0.29, 0.717) is 24.7 Å². The summed E-state index contributed by atoms with van der Waals surface area (Å²) in [5, 5.41) is 2.88. The van der Waals surface area contributed by atoms with Crippen molar-refractivity contribution in [2.45, 2.75) is 25.5 Å². The summed E-state index contributed by atoms with van der Waals surface area (Å²) in [5.74, 6) is -0.605. The number of carbonyl (C=O) groups is 3. The molecule has 0 saturated carbocycles. The maximum absolute atomic E-state index is 12.6. The van der Waals surface area contributed by atoms with Gasteiger partial charge in [-0.05, 0) is 31.5 Å². The molecule has 2 aliphatic heterocycles. The molecule has 1 unspecified atom stereocenters. The SMILES string of the molecule is CC1(C)C(=O)NC(=O)N1CC(=O)N1CCOC(c2ccc(Cl)cc2)C1. The second-order valence-corrected chi connectivity index (χ2v) is 7.09. The summed E-state index contributed by atoms with van der Waals surface area (Å²) in [5.41, 5.74) is -0.0921. The molecule has 1 aromatic carbocycles. The van der Waals surface area contributed by atoms with Crippen molar-refractivity contribution in [1.29, 1.82) is 0 Å². The number of hydrogen-bond acceptors (Lipinski definition) is 4. The van der Waals surface area contributed by atoms with Gasteiger partial charge in [-0.3, -0.25) is 14.9 Å². The molecule has 0 bridgehead atoms. The van der Waals surface area contributed by atoms with Crippen LogP contribution in [0.3, 0.4) is 0 Å².